The standard InChI is InChI=1S/C15H13FN2O3S2/c1-2-18-13-7-6-12(9-14(13)22-15(18)19)23(20,21)17-11-5-3-4-10(16)8-11/h3-9,17H,2H2,1H3. The van der Waals surface area contributed by atoms with Gasteiger partial charge in [-0.3, -0.25) is 14.1 Å². The number of thiazole rings is 1. The molecule has 0 amide bonds. The first-order valence-corrected chi connectivity index (χ1v) is 9.12. The molecule has 0 aliphatic heterocycles. The average molecular weight is 352 g/mol. The second kappa shape index (κ2) is 5.78. The Labute approximate surface area is 136 Å². The van der Waals surface area contributed by atoms with E-state index in [4.69, 9.17) is 0 Å². The summed E-state index contributed by atoms with van der Waals surface area (Å²) in [5, 5.41) is 0. The molecule has 1 heterocycles. The average Bonchev–Trinajstić information content (AvgIpc) is 2.80. The SMILES string of the molecule is CCn1c(=O)sc2cc(S(=O)(=O)Nc3cccc(F)c3)ccc21. The molecule has 0 atom stereocenters. The Morgan fingerprint density at radius 1 is 1.22 bits per heavy atom. The topological polar surface area (TPSA) is 68.2 Å². The van der Waals surface area contributed by atoms with Gasteiger partial charge in [0, 0.05) is 6.54 Å². The molecule has 0 bridgehead atoms. The number of aryl methyl sites for hydroxylation is 1. The number of hydrogen-bond donors (Lipinski definition) is 1. The highest BCUT2D eigenvalue weighted by Crippen LogP contribution is 2.23. The lowest BCUT2D eigenvalue weighted by atomic mass is 10.3. The number of hydrogen-bond acceptors (Lipinski definition) is 4. The number of nitrogens with zero attached hydrogens (tertiary/aromatic N) is 1. The van der Waals surface area contributed by atoms with Crippen LogP contribution in [0.5, 0.6) is 0 Å². The number of benzene rings is 2. The molecule has 0 radical (unpaired) electrons. The normalized spacial score (nSPS) is 11.7. The first kappa shape index (κ1) is 15.7. The van der Waals surface area contributed by atoms with Crippen molar-refractivity contribution in [2.75, 3.05) is 4.72 Å². The minimum absolute atomic E-state index is 0.0266. The van der Waals surface area contributed by atoms with Gasteiger partial charge >= 0.3 is 4.87 Å². The lowest BCUT2D eigenvalue weighted by molar-refractivity contribution is 0.601. The molecule has 0 aliphatic rings. The van der Waals surface area contributed by atoms with E-state index >= 15 is 0 Å². The van der Waals surface area contributed by atoms with Crippen molar-refractivity contribution >= 4 is 37.3 Å². The molecule has 1 aromatic heterocycles. The Hall–Kier alpha value is -2.19. The zero-order valence-corrected chi connectivity index (χ0v) is 13.7. The molecular weight excluding hydrogens is 339 g/mol. The fraction of sp³-hybridized carbons (Fsp3) is 0.133. The molecule has 0 fully saturated rings. The molecule has 1 N–H and O–H groups in total. The van der Waals surface area contributed by atoms with E-state index in [9.17, 15) is 17.6 Å². The van der Waals surface area contributed by atoms with Crippen LogP contribution in [0.1, 0.15) is 6.92 Å². The number of rotatable bonds is 4. The number of halogens is 1. The molecule has 0 saturated carbocycles. The van der Waals surface area contributed by atoms with E-state index < -0.39 is 15.8 Å². The summed E-state index contributed by atoms with van der Waals surface area (Å²) in [5.41, 5.74) is 0.844. The largest absolute Gasteiger partial charge is 0.308 e. The molecule has 8 heteroatoms. The van der Waals surface area contributed by atoms with E-state index in [0.29, 0.717) is 16.8 Å². The van der Waals surface area contributed by atoms with Crippen molar-refractivity contribution < 1.29 is 12.8 Å². The van der Waals surface area contributed by atoms with Crippen LogP contribution in [0.3, 0.4) is 0 Å². The third-order valence-electron chi connectivity index (χ3n) is 3.34. The molecule has 23 heavy (non-hydrogen) atoms. The summed E-state index contributed by atoms with van der Waals surface area (Å²) < 4.78 is 42.5. The smallest absolute Gasteiger partial charge is 0.299 e. The zero-order valence-electron chi connectivity index (χ0n) is 12.1. The van der Waals surface area contributed by atoms with Crippen molar-refractivity contribution in [2.45, 2.75) is 18.4 Å². The number of anilines is 1. The fourth-order valence-electron chi connectivity index (χ4n) is 2.28. The Bertz CT molecular complexity index is 1040. The van der Waals surface area contributed by atoms with Crippen molar-refractivity contribution in [3.8, 4) is 0 Å². The Morgan fingerprint density at radius 3 is 2.70 bits per heavy atom. The maximum atomic E-state index is 13.2. The maximum absolute atomic E-state index is 13.2. The Kier molecular flexibility index (Phi) is 3.95. The summed E-state index contributed by atoms with van der Waals surface area (Å²) in [6, 6.07) is 9.71. The predicted octanol–water partition coefficient (Wildman–Crippen LogP) is 3.02. The minimum Gasteiger partial charge on any atom is -0.299 e. The monoisotopic (exact) mass is 352 g/mol. The van der Waals surface area contributed by atoms with Gasteiger partial charge in [-0.15, -0.1) is 0 Å². The van der Waals surface area contributed by atoms with Crippen LogP contribution in [0.15, 0.2) is 52.2 Å². The number of nitrogens with one attached hydrogen (secondary N) is 1. The minimum atomic E-state index is -3.85. The van der Waals surface area contributed by atoms with Crippen LogP contribution < -0.4 is 9.60 Å². The van der Waals surface area contributed by atoms with Crippen LogP contribution >= 0.6 is 11.3 Å². The maximum Gasteiger partial charge on any atom is 0.308 e. The van der Waals surface area contributed by atoms with Crippen molar-refractivity contribution in [3.05, 3.63) is 57.9 Å². The summed E-state index contributed by atoms with van der Waals surface area (Å²) in [6.07, 6.45) is 0. The fourth-order valence-corrected chi connectivity index (χ4v) is 4.42. The van der Waals surface area contributed by atoms with Gasteiger partial charge < -0.3 is 0 Å². The molecule has 3 aromatic rings. The molecule has 2 aromatic carbocycles. The van der Waals surface area contributed by atoms with Crippen molar-refractivity contribution in [2.24, 2.45) is 0 Å². The molecule has 0 unspecified atom stereocenters. The van der Waals surface area contributed by atoms with Crippen LogP contribution in [0.2, 0.25) is 0 Å². The van der Waals surface area contributed by atoms with E-state index in [1.165, 1.54) is 30.3 Å². The van der Waals surface area contributed by atoms with Crippen LogP contribution in [-0.4, -0.2) is 13.0 Å². The summed E-state index contributed by atoms with van der Waals surface area (Å²) in [7, 11) is -3.85. The van der Waals surface area contributed by atoms with Crippen LogP contribution in [0.4, 0.5) is 10.1 Å². The molecule has 0 saturated heterocycles. The van der Waals surface area contributed by atoms with Crippen molar-refractivity contribution in [1.82, 2.24) is 4.57 Å². The number of fused-ring (bicyclic) bond motifs is 1. The number of sulfonamides is 1. The zero-order chi connectivity index (χ0) is 16.6. The van der Waals surface area contributed by atoms with Gasteiger partial charge in [-0.25, -0.2) is 12.8 Å². The van der Waals surface area contributed by atoms with Gasteiger partial charge in [-0.2, -0.15) is 0 Å². The molecule has 120 valence electrons. The quantitative estimate of drug-likeness (QED) is 0.785. The van der Waals surface area contributed by atoms with Gasteiger partial charge in [0.05, 0.1) is 20.8 Å². The highest BCUT2D eigenvalue weighted by Gasteiger charge is 2.17. The predicted molar refractivity (Wildman–Crippen MR) is 89.0 cm³/mol. The van der Waals surface area contributed by atoms with E-state index in [-0.39, 0.29) is 15.5 Å². The first-order chi connectivity index (χ1) is 10.9. The van der Waals surface area contributed by atoms with Gasteiger partial charge in [0.2, 0.25) is 0 Å². The van der Waals surface area contributed by atoms with Gasteiger partial charge in [0.1, 0.15) is 5.82 Å². The first-order valence-electron chi connectivity index (χ1n) is 6.82. The molecule has 0 aliphatic carbocycles. The highest BCUT2D eigenvalue weighted by molar-refractivity contribution is 7.92. The van der Waals surface area contributed by atoms with E-state index in [2.05, 4.69) is 4.72 Å². The summed E-state index contributed by atoms with van der Waals surface area (Å²) in [5.74, 6) is -0.529. The third-order valence-corrected chi connectivity index (χ3v) is 5.66. The van der Waals surface area contributed by atoms with Gasteiger partial charge in [0.15, 0.2) is 0 Å². The summed E-state index contributed by atoms with van der Waals surface area (Å²) in [4.78, 5) is 11.7. The summed E-state index contributed by atoms with van der Waals surface area (Å²) in [6.45, 7) is 2.37. The lowest BCUT2D eigenvalue weighted by Gasteiger charge is -2.08. The second-order valence-electron chi connectivity index (χ2n) is 4.86. The van der Waals surface area contributed by atoms with Crippen molar-refractivity contribution in [1.29, 1.82) is 0 Å². The third kappa shape index (κ3) is 2.99. The van der Waals surface area contributed by atoms with Crippen molar-refractivity contribution in [3.63, 3.8) is 0 Å². The van der Waals surface area contributed by atoms with E-state index in [1.54, 1.807) is 10.6 Å². The molecule has 3 rings (SSSR count). The van der Waals surface area contributed by atoms with E-state index in [1.807, 2.05) is 6.92 Å². The van der Waals surface area contributed by atoms with Crippen LogP contribution in [-0.2, 0) is 16.6 Å². The second-order valence-corrected chi connectivity index (χ2v) is 7.53. The van der Waals surface area contributed by atoms with Gasteiger partial charge in [0.25, 0.3) is 10.0 Å². The van der Waals surface area contributed by atoms with Crippen LogP contribution in [0, 0.1) is 5.82 Å². The van der Waals surface area contributed by atoms with E-state index in [0.717, 1.165) is 17.4 Å². The molecular formula is C15H13FN2O3S2. The highest BCUT2D eigenvalue weighted by atomic mass is 32.2. The Balaban J connectivity index is 2.03. The molecule has 5 nitrogen and oxygen atoms in total. The van der Waals surface area contributed by atoms with Crippen LogP contribution in [0.25, 0.3) is 10.2 Å². The summed E-state index contributed by atoms with van der Waals surface area (Å²) >= 11 is 0.998. The van der Waals surface area contributed by atoms with Gasteiger partial charge in [-0.1, -0.05) is 17.4 Å². The number of aromatic nitrogens is 1. The molecule has 0 spiro atoms. The Morgan fingerprint density at radius 2 is 2.00 bits per heavy atom. The van der Waals surface area contributed by atoms with Gasteiger partial charge in [-0.05, 0) is 43.3 Å². The lowest BCUT2D eigenvalue weighted by Crippen LogP contribution is -2.13.